The average molecular weight is 408 g/mol. The van der Waals surface area contributed by atoms with Crippen molar-refractivity contribution < 1.29 is 33.5 Å². The number of hydrogen-bond donors (Lipinski definition) is 3. The Labute approximate surface area is 163 Å². The maximum atomic E-state index is 11.5. The highest BCUT2D eigenvalue weighted by Gasteiger charge is 2.17. The summed E-state index contributed by atoms with van der Waals surface area (Å²) in [4.78, 5) is 28.5. The molecule has 0 radical (unpaired) electrons. The normalized spacial score (nSPS) is 13.2. The van der Waals surface area contributed by atoms with Gasteiger partial charge in [0.1, 0.15) is 12.7 Å². The summed E-state index contributed by atoms with van der Waals surface area (Å²) >= 11 is 0. The van der Waals surface area contributed by atoms with Gasteiger partial charge in [-0.05, 0) is 32.1 Å². The average Bonchev–Trinajstić information content (AvgIpc) is 2.61. The highest BCUT2D eigenvalue weighted by molar-refractivity contribution is 7.46. The Kier molecular flexibility index (Phi) is 16.9. The van der Waals surface area contributed by atoms with E-state index in [9.17, 15) is 14.5 Å². The minimum absolute atomic E-state index is 0.271. The lowest BCUT2D eigenvalue weighted by Gasteiger charge is -2.12. The number of esters is 1. The van der Waals surface area contributed by atoms with E-state index >= 15 is 0 Å². The maximum Gasteiger partial charge on any atom is 0.469 e. The fourth-order valence-electron chi connectivity index (χ4n) is 2.48. The smallest absolute Gasteiger partial charge is 0.463 e. The lowest BCUT2D eigenvalue weighted by Crippen LogP contribution is -2.23. The molecule has 0 saturated carbocycles. The number of unbranched alkanes of at least 4 members (excludes halogenated alkanes) is 9. The molecule has 0 unspecified atom stereocenters. The molecule has 0 fully saturated rings. The summed E-state index contributed by atoms with van der Waals surface area (Å²) in [6.45, 7) is 1.31. The molecule has 0 aromatic rings. The van der Waals surface area contributed by atoms with Gasteiger partial charge >= 0.3 is 13.8 Å². The molecule has 0 saturated heterocycles. The highest BCUT2D eigenvalue weighted by atomic mass is 31.2. The van der Waals surface area contributed by atoms with Crippen LogP contribution in [0.2, 0.25) is 0 Å². The number of rotatable bonds is 18. The lowest BCUT2D eigenvalue weighted by molar-refractivity contribution is -0.147. The van der Waals surface area contributed by atoms with Gasteiger partial charge in [0.25, 0.3) is 0 Å². The van der Waals surface area contributed by atoms with E-state index in [0.29, 0.717) is 0 Å². The zero-order valence-electron chi connectivity index (χ0n) is 16.6. The summed E-state index contributed by atoms with van der Waals surface area (Å²) in [5, 5.41) is 9.39. The van der Waals surface area contributed by atoms with Crippen LogP contribution in [0.5, 0.6) is 0 Å². The van der Waals surface area contributed by atoms with Crippen molar-refractivity contribution in [3.05, 3.63) is 12.2 Å². The van der Waals surface area contributed by atoms with E-state index in [2.05, 4.69) is 23.6 Å². The van der Waals surface area contributed by atoms with Crippen molar-refractivity contribution in [2.45, 2.75) is 90.1 Å². The third-order valence-corrected chi connectivity index (χ3v) is 4.50. The summed E-state index contributed by atoms with van der Waals surface area (Å²) in [5.74, 6) is -0.427. The molecule has 8 heteroatoms. The van der Waals surface area contributed by atoms with Gasteiger partial charge in [-0.2, -0.15) is 0 Å². The van der Waals surface area contributed by atoms with Crippen molar-refractivity contribution in [1.82, 2.24) is 0 Å². The van der Waals surface area contributed by atoms with Gasteiger partial charge in [-0.3, -0.25) is 9.32 Å². The van der Waals surface area contributed by atoms with Crippen molar-refractivity contribution in [3.63, 3.8) is 0 Å². The number of aliphatic hydroxyl groups is 1. The van der Waals surface area contributed by atoms with Gasteiger partial charge < -0.3 is 19.6 Å². The van der Waals surface area contributed by atoms with Crippen molar-refractivity contribution in [2.75, 3.05) is 13.2 Å². The van der Waals surface area contributed by atoms with E-state index in [1.807, 2.05) is 0 Å². The highest BCUT2D eigenvalue weighted by Crippen LogP contribution is 2.35. The molecule has 0 spiro atoms. The Balaban J connectivity index is 3.42. The number of carbonyl (C=O) groups excluding carboxylic acids is 1. The van der Waals surface area contributed by atoms with Crippen LogP contribution < -0.4 is 0 Å². The van der Waals surface area contributed by atoms with E-state index in [4.69, 9.17) is 14.5 Å². The number of phosphoric ester groups is 1. The van der Waals surface area contributed by atoms with Crippen LogP contribution in [0.3, 0.4) is 0 Å². The predicted octanol–water partition coefficient (Wildman–Crippen LogP) is 4.26. The summed E-state index contributed by atoms with van der Waals surface area (Å²) in [6, 6.07) is 0. The molecule has 0 rings (SSSR count). The number of ether oxygens (including phenoxy) is 1. The third-order valence-electron chi connectivity index (χ3n) is 4.01. The Hall–Kier alpha value is -0.720. The van der Waals surface area contributed by atoms with E-state index in [1.165, 1.54) is 38.5 Å². The van der Waals surface area contributed by atoms with E-state index in [1.54, 1.807) is 0 Å². The van der Waals surface area contributed by atoms with Crippen molar-refractivity contribution in [2.24, 2.45) is 0 Å². The maximum absolute atomic E-state index is 11.5. The molecule has 0 aliphatic heterocycles. The number of aliphatic hydroxyl groups excluding tert-OH is 1. The standard InChI is InChI=1S/C19H37O7P/c1-2-3-4-5-6-7-8-9-10-11-12-13-14-15-19(21)25-16-18(20)17-26-27(22,23)24/h9-10,18,20H,2-8,11-17H2,1H3,(H2,22,23,24)/b10-9+/t18-/m0/s1. The van der Waals surface area contributed by atoms with Gasteiger partial charge in [0.15, 0.2) is 0 Å². The van der Waals surface area contributed by atoms with Gasteiger partial charge in [0.2, 0.25) is 0 Å². The number of hydrogen-bond acceptors (Lipinski definition) is 5. The molecule has 0 bridgehead atoms. The van der Waals surface area contributed by atoms with Crippen LogP contribution in [0.25, 0.3) is 0 Å². The molecular formula is C19H37O7P. The Morgan fingerprint density at radius 2 is 1.48 bits per heavy atom. The van der Waals surface area contributed by atoms with Gasteiger partial charge in [-0.25, -0.2) is 4.57 Å². The number of carbonyl (C=O) groups is 1. The lowest BCUT2D eigenvalue weighted by atomic mass is 10.1. The minimum atomic E-state index is -4.62. The molecule has 0 aliphatic rings. The first-order valence-corrected chi connectivity index (χ1v) is 11.6. The molecule has 160 valence electrons. The second kappa shape index (κ2) is 17.4. The van der Waals surface area contributed by atoms with Gasteiger partial charge in [-0.1, -0.05) is 57.6 Å². The van der Waals surface area contributed by atoms with E-state index in [-0.39, 0.29) is 13.0 Å². The fraction of sp³-hybridized carbons (Fsp3) is 0.842. The van der Waals surface area contributed by atoms with Crippen molar-refractivity contribution in [1.29, 1.82) is 0 Å². The van der Waals surface area contributed by atoms with E-state index < -0.39 is 26.5 Å². The molecule has 27 heavy (non-hydrogen) atoms. The third kappa shape index (κ3) is 21.4. The van der Waals surface area contributed by atoms with Crippen molar-refractivity contribution >= 4 is 13.8 Å². The predicted molar refractivity (Wildman–Crippen MR) is 105 cm³/mol. The minimum Gasteiger partial charge on any atom is -0.463 e. The van der Waals surface area contributed by atoms with Crippen LogP contribution in [-0.4, -0.2) is 40.2 Å². The monoisotopic (exact) mass is 408 g/mol. The first-order chi connectivity index (χ1) is 12.8. The second-order valence-electron chi connectivity index (χ2n) is 6.75. The molecule has 0 aromatic heterocycles. The molecule has 0 heterocycles. The Bertz CT molecular complexity index is 434. The quantitative estimate of drug-likeness (QED) is 0.134. The molecule has 1 atom stereocenters. The summed E-state index contributed by atoms with van der Waals surface area (Å²) in [6.07, 6.45) is 16.2. The summed E-state index contributed by atoms with van der Waals surface area (Å²) < 4.78 is 19.4. The Morgan fingerprint density at radius 3 is 2.07 bits per heavy atom. The number of allylic oxidation sites excluding steroid dienone is 2. The largest absolute Gasteiger partial charge is 0.469 e. The summed E-state index contributed by atoms with van der Waals surface area (Å²) in [7, 11) is -4.62. The van der Waals surface area contributed by atoms with Crippen LogP contribution in [0, 0.1) is 0 Å². The zero-order valence-corrected chi connectivity index (χ0v) is 17.4. The molecule has 0 amide bonds. The summed E-state index contributed by atoms with van der Waals surface area (Å²) in [5.41, 5.74) is 0. The number of phosphoric acid groups is 1. The van der Waals surface area contributed by atoms with Crippen LogP contribution in [0.15, 0.2) is 12.2 Å². The van der Waals surface area contributed by atoms with E-state index in [0.717, 1.165) is 32.1 Å². The van der Waals surface area contributed by atoms with Gasteiger partial charge in [0.05, 0.1) is 6.61 Å². The topological polar surface area (TPSA) is 113 Å². The fourth-order valence-corrected chi connectivity index (χ4v) is 2.85. The zero-order chi connectivity index (χ0) is 20.4. The molecule has 0 aliphatic carbocycles. The first-order valence-electron chi connectivity index (χ1n) is 10.0. The van der Waals surface area contributed by atoms with Crippen LogP contribution in [0.1, 0.15) is 84.0 Å². The Morgan fingerprint density at radius 1 is 0.926 bits per heavy atom. The first kappa shape index (κ1) is 26.3. The van der Waals surface area contributed by atoms with Crippen LogP contribution in [-0.2, 0) is 18.6 Å². The van der Waals surface area contributed by atoms with Crippen molar-refractivity contribution in [3.8, 4) is 0 Å². The van der Waals surface area contributed by atoms with Crippen LogP contribution in [0.4, 0.5) is 0 Å². The molecule has 3 N–H and O–H groups in total. The molecular weight excluding hydrogens is 371 g/mol. The van der Waals surface area contributed by atoms with Gasteiger partial charge in [0, 0.05) is 6.42 Å². The second-order valence-corrected chi connectivity index (χ2v) is 7.99. The molecule has 7 nitrogen and oxygen atoms in total. The molecule has 0 aromatic carbocycles. The SMILES string of the molecule is CCCCCCCC/C=C/CCCCCC(=O)OC[C@H](O)COP(=O)(O)O. The van der Waals surface area contributed by atoms with Crippen LogP contribution >= 0.6 is 7.82 Å². The van der Waals surface area contributed by atoms with Gasteiger partial charge in [-0.15, -0.1) is 0 Å².